The monoisotopic (exact) mass is 403 g/mol. The van der Waals surface area contributed by atoms with Crippen LogP contribution in [0.25, 0.3) is 0 Å². The second-order valence-corrected chi connectivity index (χ2v) is 6.47. The zero-order valence-electron chi connectivity index (χ0n) is 16.1. The van der Waals surface area contributed by atoms with Gasteiger partial charge >= 0.3 is 0 Å². The van der Waals surface area contributed by atoms with E-state index in [1.165, 1.54) is 36.4 Å². The molecule has 9 heteroatoms. The van der Waals surface area contributed by atoms with Gasteiger partial charge in [0.2, 0.25) is 5.91 Å². The van der Waals surface area contributed by atoms with Gasteiger partial charge in [-0.05, 0) is 49.2 Å². The molecule has 0 aliphatic heterocycles. The number of amides is 2. The van der Waals surface area contributed by atoms with Crippen LogP contribution in [0.2, 0.25) is 0 Å². The molecule has 3 N–H and O–H groups in total. The van der Waals surface area contributed by atoms with E-state index in [0.29, 0.717) is 24.2 Å². The number of anilines is 1. The quantitative estimate of drug-likeness (QED) is 0.284. The third-order valence-electron chi connectivity index (χ3n) is 4.23. The van der Waals surface area contributed by atoms with Crippen molar-refractivity contribution in [1.82, 2.24) is 4.90 Å². The van der Waals surface area contributed by atoms with E-state index in [0.717, 1.165) is 18.9 Å². The van der Waals surface area contributed by atoms with Crippen LogP contribution in [-0.2, 0) is 4.79 Å². The minimum atomic E-state index is -0.510. The molecule has 2 amide bonds. The number of nitrogens with one attached hydrogen (secondary N) is 1. The van der Waals surface area contributed by atoms with Gasteiger partial charge in [-0.1, -0.05) is 11.6 Å². The molecule has 0 unspecified atom stereocenters. The minimum Gasteiger partial charge on any atom is -0.342 e. The molecule has 0 atom stereocenters. The molecule has 0 fully saturated rings. The van der Waals surface area contributed by atoms with Crippen LogP contribution in [-0.4, -0.2) is 30.3 Å². The molecule has 2 aromatic carbocycles. The van der Waals surface area contributed by atoms with E-state index < -0.39 is 5.82 Å². The van der Waals surface area contributed by atoms with Crippen molar-refractivity contribution >= 4 is 23.2 Å². The summed E-state index contributed by atoms with van der Waals surface area (Å²) in [5.41, 5.74) is 0.898. The van der Waals surface area contributed by atoms with Crippen LogP contribution in [0.4, 0.5) is 20.2 Å². The van der Waals surface area contributed by atoms with Crippen molar-refractivity contribution in [1.29, 1.82) is 0 Å². The van der Waals surface area contributed by atoms with Gasteiger partial charge in [-0.25, -0.2) is 8.78 Å². The zero-order valence-corrected chi connectivity index (χ0v) is 16.1. The van der Waals surface area contributed by atoms with Crippen molar-refractivity contribution in [3.8, 4) is 0 Å². The van der Waals surface area contributed by atoms with Gasteiger partial charge in [-0.2, -0.15) is 0 Å². The van der Waals surface area contributed by atoms with E-state index in [9.17, 15) is 18.4 Å². The molecular formula is C20H23F2N5O2. The van der Waals surface area contributed by atoms with Crippen LogP contribution in [0.3, 0.4) is 0 Å². The van der Waals surface area contributed by atoms with Crippen LogP contribution in [0, 0.1) is 11.6 Å². The van der Waals surface area contributed by atoms with E-state index >= 15 is 0 Å². The molecule has 0 aromatic heterocycles. The Morgan fingerprint density at radius 1 is 1.03 bits per heavy atom. The summed E-state index contributed by atoms with van der Waals surface area (Å²) in [4.78, 5) is 25.9. The third-order valence-corrected chi connectivity index (χ3v) is 4.23. The Morgan fingerprint density at radius 3 is 2.41 bits per heavy atom. The molecule has 0 aliphatic carbocycles. The molecule has 2 aromatic rings. The fraction of sp³-hybridized carbons (Fsp3) is 0.300. The summed E-state index contributed by atoms with van der Waals surface area (Å²) in [6.07, 6.45) is 2.36. The van der Waals surface area contributed by atoms with Crippen LogP contribution >= 0.6 is 0 Å². The summed E-state index contributed by atoms with van der Waals surface area (Å²) < 4.78 is 26.2. The van der Waals surface area contributed by atoms with Gasteiger partial charge in [0.05, 0.1) is 5.69 Å². The van der Waals surface area contributed by atoms with Crippen molar-refractivity contribution in [2.45, 2.75) is 25.7 Å². The summed E-state index contributed by atoms with van der Waals surface area (Å²) >= 11 is 0. The largest absolute Gasteiger partial charge is 0.342 e. The predicted octanol–water partition coefficient (Wildman–Crippen LogP) is 4.19. The molecular weight excluding hydrogens is 380 g/mol. The molecule has 0 heterocycles. The summed E-state index contributed by atoms with van der Waals surface area (Å²) in [5, 5.41) is 9.36. The first-order valence-corrected chi connectivity index (χ1v) is 9.12. The van der Waals surface area contributed by atoms with Gasteiger partial charge in [0.1, 0.15) is 17.3 Å². The second kappa shape index (κ2) is 10.8. The Morgan fingerprint density at radius 2 is 1.72 bits per heavy atom. The number of hydrogen-bond donors (Lipinski definition) is 2. The topological polar surface area (TPSA) is 100 Å². The van der Waals surface area contributed by atoms with Gasteiger partial charge in [0.15, 0.2) is 0 Å². The smallest absolute Gasteiger partial charge is 0.253 e. The van der Waals surface area contributed by atoms with Gasteiger partial charge in [0, 0.05) is 31.6 Å². The molecule has 29 heavy (non-hydrogen) atoms. The second-order valence-electron chi connectivity index (χ2n) is 6.47. The van der Waals surface area contributed by atoms with Crippen LogP contribution in [0.5, 0.6) is 0 Å². The average Bonchev–Trinajstić information content (AvgIpc) is 2.70. The maximum absolute atomic E-state index is 13.2. The van der Waals surface area contributed by atoms with Crippen molar-refractivity contribution in [2.75, 3.05) is 18.9 Å². The molecule has 0 saturated carbocycles. The predicted molar refractivity (Wildman–Crippen MR) is 106 cm³/mol. The number of nitrogens with two attached hydrogens (primary N) is 1. The summed E-state index contributed by atoms with van der Waals surface area (Å²) in [5.74, 6) is 3.68. The first kappa shape index (κ1) is 21.9. The normalized spacial score (nSPS) is 10.9. The number of halogens is 2. The lowest BCUT2D eigenvalue weighted by molar-refractivity contribution is -0.116. The van der Waals surface area contributed by atoms with Crippen molar-refractivity contribution in [3.05, 3.63) is 59.7 Å². The number of hydrogen-bond acceptors (Lipinski definition) is 4. The molecule has 0 spiro atoms. The maximum Gasteiger partial charge on any atom is 0.253 e. The first-order chi connectivity index (χ1) is 13.9. The Balaban J connectivity index is 1.72. The molecule has 2 rings (SSSR count). The van der Waals surface area contributed by atoms with E-state index in [-0.39, 0.29) is 29.7 Å². The molecule has 0 saturated heterocycles. The highest BCUT2D eigenvalue weighted by Crippen LogP contribution is 2.26. The van der Waals surface area contributed by atoms with E-state index in [4.69, 9.17) is 5.84 Å². The van der Waals surface area contributed by atoms with Crippen LogP contribution in [0.1, 0.15) is 36.0 Å². The fourth-order valence-corrected chi connectivity index (χ4v) is 2.69. The van der Waals surface area contributed by atoms with Gasteiger partial charge < -0.3 is 16.1 Å². The summed E-state index contributed by atoms with van der Waals surface area (Å²) in [6.45, 7) is 0.525. The fourth-order valence-electron chi connectivity index (χ4n) is 2.69. The molecule has 154 valence electrons. The van der Waals surface area contributed by atoms with Crippen molar-refractivity contribution in [3.63, 3.8) is 0 Å². The number of carbonyl (C=O) groups is 2. The lowest BCUT2D eigenvalue weighted by Crippen LogP contribution is -2.27. The summed E-state index contributed by atoms with van der Waals surface area (Å²) in [6, 6.07) is 9.13. The molecule has 0 bridgehead atoms. The highest BCUT2D eigenvalue weighted by molar-refractivity contribution is 5.94. The standard InChI is InChI=1S/C20H23F2N5O2/c1-27(20(29)14-6-8-15(21)9-7-14)12-4-2-3-5-19(28)24-17-11-10-16(22)13-18(17)25-26-23/h6-11,13H,2-5,12H2,1H3,(H2,23,25)(H,24,28). The Kier molecular flexibility index (Phi) is 8.20. The number of unbranched alkanes of at least 4 members (excludes halogenated alkanes) is 2. The summed E-state index contributed by atoms with van der Waals surface area (Å²) in [7, 11) is 1.68. The van der Waals surface area contributed by atoms with Crippen molar-refractivity contribution in [2.24, 2.45) is 16.2 Å². The Hall–Kier alpha value is -3.36. The Bertz CT molecular complexity index is 872. The molecule has 0 radical (unpaired) electrons. The number of rotatable bonds is 9. The van der Waals surface area contributed by atoms with E-state index in [1.807, 2.05) is 0 Å². The van der Waals surface area contributed by atoms with Crippen molar-refractivity contribution < 1.29 is 18.4 Å². The lowest BCUT2D eigenvalue weighted by atomic mass is 10.1. The average molecular weight is 403 g/mol. The lowest BCUT2D eigenvalue weighted by Gasteiger charge is -2.17. The van der Waals surface area contributed by atoms with E-state index in [2.05, 4.69) is 15.7 Å². The minimum absolute atomic E-state index is 0.141. The van der Waals surface area contributed by atoms with Gasteiger partial charge in [-0.15, -0.1) is 5.11 Å². The van der Waals surface area contributed by atoms with Gasteiger partial charge in [0.25, 0.3) is 5.91 Å². The molecule has 7 nitrogen and oxygen atoms in total. The maximum atomic E-state index is 13.2. The van der Waals surface area contributed by atoms with Gasteiger partial charge in [-0.3, -0.25) is 9.59 Å². The number of nitrogens with zero attached hydrogens (tertiary/aromatic N) is 3. The zero-order chi connectivity index (χ0) is 21.2. The third kappa shape index (κ3) is 6.95. The highest BCUT2D eigenvalue weighted by Gasteiger charge is 2.12. The Labute approximate surface area is 167 Å². The SMILES string of the molecule is CN(CCCCCC(=O)Nc1ccc(F)cc1N=NN)C(=O)c1ccc(F)cc1. The first-order valence-electron chi connectivity index (χ1n) is 9.12. The van der Waals surface area contributed by atoms with Crippen LogP contribution in [0.15, 0.2) is 52.8 Å². The molecule has 0 aliphatic rings. The van der Waals surface area contributed by atoms with Crippen LogP contribution < -0.4 is 11.2 Å². The highest BCUT2D eigenvalue weighted by atomic mass is 19.1. The number of benzene rings is 2. The van der Waals surface area contributed by atoms with E-state index in [1.54, 1.807) is 11.9 Å². The number of carbonyl (C=O) groups excluding carboxylic acids is 2.